The Bertz CT molecular complexity index is 4160. The summed E-state index contributed by atoms with van der Waals surface area (Å²) in [5, 5.41) is 15.3. The molecule has 2 aliphatic rings. The molecule has 0 N–H and O–H groups in total. The van der Waals surface area contributed by atoms with E-state index in [1.54, 1.807) is 0 Å². The zero-order valence-electron chi connectivity index (χ0n) is 36.6. The van der Waals surface area contributed by atoms with Gasteiger partial charge in [0.05, 0.1) is 5.41 Å². The van der Waals surface area contributed by atoms with Crippen LogP contribution in [-0.2, 0) is 5.41 Å². The quantitative estimate of drug-likeness (QED) is 0.123. The second-order valence-electron chi connectivity index (χ2n) is 18.6. The molecule has 0 saturated heterocycles. The molecule has 0 aromatic heterocycles. The third-order valence-electron chi connectivity index (χ3n) is 15.4. The number of hydrogen-bond acceptors (Lipinski definition) is 0. The Morgan fingerprint density at radius 3 is 1.22 bits per heavy atom. The molecular formula is C67H40. The summed E-state index contributed by atoms with van der Waals surface area (Å²) in [7, 11) is 0. The summed E-state index contributed by atoms with van der Waals surface area (Å²) < 4.78 is 0. The first-order chi connectivity index (χ1) is 33.3. The number of rotatable bonds is 3. The fraction of sp³-hybridized carbons (Fsp3) is 0.0149. The van der Waals surface area contributed by atoms with Crippen molar-refractivity contribution in [3.05, 3.63) is 265 Å². The van der Waals surface area contributed by atoms with Crippen molar-refractivity contribution in [2.75, 3.05) is 0 Å². The van der Waals surface area contributed by atoms with Gasteiger partial charge in [-0.1, -0.05) is 224 Å². The Kier molecular flexibility index (Phi) is 7.52. The lowest BCUT2D eigenvalue weighted by molar-refractivity contribution is 0.803. The van der Waals surface area contributed by atoms with Crippen molar-refractivity contribution >= 4 is 64.6 Å². The Hall–Kier alpha value is -8.58. The highest BCUT2D eigenvalue weighted by Gasteiger charge is 2.53. The van der Waals surface area contributed by atoms with Crippen molar-refractivity contribution in [2.24, 2.45) is 0 Å². The van der Waals surface area contributed by atoms with Crippen molar-refractivity contribution in [2.45, 2.75) is 5.41 Å². The Morgan fingerprint density at radius 1 is 0.209 bits per heavy atom. The molecule has 13 aromatic carbocycles. The lowest BCUT2D eigenvalue weighted by atomic mass is 9.68. The minimum Gasteiger partial charge on any atom is -0.0622 e. The van der Waals surface area contributed by atoms with Crippen LogP contribution in [0.25, 0.3) is 120 Å². The van der Waals surface area contributed by atoms with Crippen LogP contribution in [0.5, 0.6) is 0 Å². The van der Waals surface area contributed by atoms with Gasteiger partial charge in [-0.25, -0.2) is 0 Å². The molecule has 0 heteroatoms. The van der Waals surface area contributed by atoms with Gasteiger partial charge in [-0.05, 0) is 161 Å². The first-order valence-corrected chi connectivity index (χ1v) is 23.5. The second-order valence-corrected chi connectivity index (χ2v) is 18.6. The third kappa shape index (κ3) is 4.86. The fourth-order valence-corrected chi connectivity index (χ4v) is 12.8. The van der Waals surface area contributed by atoms with Crippen LogP contribution in [0.2, 0.25) is 0 Å². The van der Waals surface area contributed by atoms with Crippen molar-refractivity contribution < 1.29 is 0 Å². The van der Waals surface area contributed by atoms with Crippen LogP contribution in [0.1, 0.15) is 22.3 Å². The van der Waals surface area contributed by atoms with E-state index in [0.29, 0.717) is 0 Å². The van der Waals surface area contributed by atoms with Gasteiger partial charge in [-0.2, -0.15) is 0 Å². The van der Waals surface area contributed by atoms with Gasteiger partial charge in [-0.3, -0.25) is 0 Å². The first kappa shape index (κ1) is 36.7. The van der Waals surface area contributed by atoms with Gasteiger partial charge in [-0.15, -0.1) is 0 Å². The molecule has 67 heavy (non-hydrogen) atoms. The van der Waals surface area contributed by atoms with Crippen molar-refractivity contribution in [1.82, 2.24) is 0 Å². The zero-order chi connectivity index (χ0) is 43.8. The molecule has 0 amide bonds. The van der Waals surface area contributed by atoms with Crippen LogP contribution < -0.4 is 0 Å². The van der Waals surface area contributed by atoms with E-state index in [9.17, 15) is 0 Å². The summed E-state index contributed by atoms with van der Waals surface area (Å²) in [6.45, 7) is 0. The van der Waals surface area contributed by atoms with Gasteiger partial charge in [0.2, 0.25) is 0 Å². The van der Waals surface area contributed by atoms with Crippen LogP contribution in [-0.4, -0.2) is 0 Å². The molecule has 0 bridgehead atoms. The van der Waals surface area contributed by atoms with Crippen LogP contribution in [0, 0.1) is 0 Å². The summed E-state index contributed by atoms with van der Waals surface area (Å²) in [6.07, 6.45) is 0. The van der Waals surface area contributed by atoms with E-state index in [0.717, 1.165) is 0 Å². The first-order valence-electron chi connectivity index (χ1n) is 23.5. The van der Waals surface area contributed by atoms with E-state index in [4.69, 9.17) is 0 Å². The molecule has 0 atom stereocenters. The lowest BCUT2D eigenvalue weighted by Gasteiger charge is -2.32. The number of hydrogen-bond donors (Lipinski definition) is 0. The van der Waals surface area contributed by atoms with Gasteiger partial charge < -0.3 is 0 Å². The maximum absolute atomic E-state index is 2.63. The molecule has 0 saturated carbocycles. The monoisotopic (exact) mass is 844 g/mol. The average Bonchev–Trinajstić information content (AvgIpc) is 3.88. The summed E-state index contributed by atoms with van der Waals surface area (Å²) >= 11 is 0. The highest BCUT2D eigenvalue weighted by atomic mass is 14.5. The van der Waals surface area contributed by atoms with E-state index in [1.165, 1.54) is 143 Å². The molecule has 0 radical (unpaired) electrons. The average molecular weight is 845 g/mol. The standard InChI is InChI=1S/C67H40/c1-2-18-41(19-3-1)42-34-35-44-39-45(37-36-43(44)38-42)62-53-27-9-11-29-55(53)63(56-30-12-10-28-54(56)62)58-40-61-64(51-25-7-5-22-48(51)58)65-52-26-8-4-20-46(52)47-21-6-13-31-57(47)66(65)67(61)59-32-16-14-23-49(59)50-24-15-17-33-60(50)67/h1-40H. The van der Waals surface area contributed by atoms with Crippen molar-refractivity contribution in [3.63, 3.8) is 0 Å². The van der Waals surface area contributed by atoms with E-state index in [1.807, 2.05) is 0 Å². The molecular weight excluding hydrogens is 805 g/mol. The van der Waals surface area contributed by atoms with Crippen LogP contribution in [0.4, 0.5) is 0 Å². The molecule has 0 fully saturated rings. The highest BCUT2D eigenvalue weighted by Crippen LogP contribution is 2.67. The van der Waals surface area contributed by atoms with Crippen LogP contribution in [0.15, 0.2) is 243 Å². The predicted molar refractivity (Wildman–Crippen MR) is 284 cm³/mol. The SMILES string of the molecule is c1ccc(-c2ccc3cc(-c4c5ccccc5c(-c5cc6c(c7ccccc57)-c5c(c7ccccc7c7ccccc57)C65c6ccccc6-c6ccccc65)c5ccccc45)ccc3c2)cc1. The lowest BCUT2D eigenvalue weighted by Crippen LogP contribution is -2.26. The van der Waals surface area contributed by atoms with Crippen LogP contribution in [0.3, 0.4) is 0 Å². The second kappa shape index (κ2) is 13.7. The maximum Gasteiger partial charge on any atom is 0.0732 e. The Morgan fingerprint density at radius 2 is 0.627 bits per heavy atom. The van der Waals surface area contributed by atoms with Gasteiger partial charge in [0, 0.05) is 0 Å². The van der Waals surface area contributed by atoms with E-state index < -0.39 is 5.41 Å². The topological polar surface area (TPSA) is 0 Å². The van der Waals surface area contributed by atoms with E-state index in [-0.39, 0.29) is 0 Å². The minimum atomic E-state index is -0.558. The Labute approximate surface area is 388 Å². The predicted octanol–water partition coefficient (Wildman–Crippen LogP) is 18.0. The van der Waals surface area contributed by atoms with Gasteiger partial charge >= 0.3 is 0 Å². The molecule has 308 valence electrons. The molecule has 0 nitrogen and oxygen atoms in total. The normalized spacial score (nSPS) is 13.2. The number of fused-ring (bicyclic) bond motifs is 20. The van der Waals surface area contributed by atoms with E-state index >= 15 is 0 Å². The van der Waals surface area contributed by atoms with Crippen molar-refractivity contribution in [3.8, 4) is 55.6 Å². The number of benzene rings is 13. The smallest absolute Gasteiger partial charge is 0.0622 e. The summed E-state index contributed by atoms with van der Waals surface area (Å²) in [6, 6.07) is 91.5. The molecule has 0 aliphatic heterocycles. The summed E-state index contributed by atoms with van der Waals surface area (Å²) in [5.74, 6) is 0. The summed E-state index contributed by atoms with van der Waals surface area (Å²) in [4.78, 5) is 0. The third-order valence-corrected chi connectivity index (χ3v) is 15.4. The fourth-order valence-electron chi connectivity index (χ4n) is 12.8. The van der Waals surface area contributed by atoms with E-state index in [2.05, 4.69) is 243 Å². The molecule has 13 aromatic rings. The molecule has 0 unspecified atom stereocenters. The maximum atomic E-state index is 2.63. The van der Waals surface area contributed by atoms with Crippen LogP contribution >= 0.6 is 0 Å². The highest BCUT2D eigenvalue weighted by molar-refractivity contribution is 6.28. The molecule has 2 aliphatic carbocycles. The molecule has 0 heterocycles. The summed E-state index contributed by atoms with van der Waals surface area (Å²) in [5.41, 5.74) is 17.8. The molecule has 15 rings (SSSR count). The van der Waals surface area contributed by atoms with Gasteiger partial charge in [0.1, 0.15) is 0 Å². The van der Waals surface area contributed by atoms with Gasteiger partial charge in [0.15, 0.2) is 0 Å². The minimum absolute atomic E-state index is 0.558. The van der Waals surface area contributed by atoms with Crippen molar-refractivity contribution in [1.29, 1.82) is 0 Å². The largest absolute Gasteiger partial charge is 0.0732 e. The van der Waals surface area contributed by atoms with Gasteiger partial charge in [0.25, 0.3) is 0 Å². The Balaban J connectivity index is 1.07. The zero-order valence-corrected chi connectivity index (χ0v) is 36.6. The molecule has 1 spiro atoms.